The van der Waals surface area contributed by atoms with Crippen molar-refractivity contribution < 1.29 is 32.3 Å². The lowest BCUT2D eigenvalue weighted by atomic mass is 9.86. The highest BCUT2D eigenvalue weighted by Gasteiger charge is 2.40. The molecule has 4 amide bonds. The number of nitrogens with zero attached hydrogens (tertiary/aromatic N) is 4. The van der Waals surface area contributed by atoms with Crippen molar-refractivity contribution >= 4 is 47.0 Å². The molecular formula is C22H23F3N6O4S. The maximum absolute atomic E-state index is 13.2. The minimum Gasteiger partial charge on any atom is -0.443 e. The zero-order valence-electron chi connectivity index (χ0n) is 19.4. The lowest BCUT2D eigenvalue weighted by Gasteiger charge is -2.26. The second-order valence-corrected chi connectivity index (χ2v) is 9.15. The number of halogens is 3. The van der Waals surface area contributed by atoms with Gasteiger partial charge in [-0.15, -0.1) is 11.3 Å². The average Bonchev–Trinajstić information content (AvgIpc) is 3.47. The summed E-state index contributed by atoms with van der Waals surface area (Å²) < 4.78 is 45.1. The predicted octanol–water partition coefficient (Wildman–Crippen LogP) is 3.38. The highest BCUT2D eigenvalue weighted by molar-refractivity contribution is 7.10. The van der Waals surface area contributed by atoms with Crippen LogP contribution in [0.15, 0.2) is 32.7 Å². The molecule has 4 rings (SSSR count). The summed E-state index contributed by atoms with van der Waals surface area (Å²) in [4.78, 5) is 49.2. The van der Waals surface area contributed by atoms with Crippen molar-refractivity contribution in [1.29, 1.82) is 0 Å². The van der Waals surface area contributed by atoms with E-state index in [0.717, 1.165) is 21.6 Å². The summed E-state index contributed by atoms with van der Waals surface area (Å²) in [5.74, 6) is -0.455. The standard InChI is InChI=1S/C22H23F3N6O4S/c1-3-27-20(33)30-18-5-14(19-29-17(10-36-19)22(23,24)25)15(8-28-18)12-4-13(7-26-6-12)16-9-31(11(2)32)21(34)35-16/h6-7,10,13,16H,3-5,8-9H2,1-2H3,(H2,27,28,30,33). The summed E-state index contributed by atoms with van der Waals surface area (Å²) in [6.45, 7) is 3.61. The highest BCUT2D eigenvalue weighted by atomic mass is 32.1. The molecule has 0 bridgehead atoms. The second kappa shape index (κ2) is 10.2. The fourth-order valence-electron chi connectivity index (χ4n) is 4.06. The lowest BCUT2D eigenvalue weighted by molar-refractivity contribution is -0.140. The zero-order valence-corrected chi connectivity index (χ0v) is 20.2. The number of hydrogen-bond acceptors (Lipinski definition) is 8. The van der Waals surface area contributed by atoms with Crippen molar-refractivity contribution in [3.63, 3.8) is 0 Å². The Labute approximate surface area is 208 Å². The van der Waals surface area contributed by atoms with Crippen molar-refractivity contribution in [3.8, 4) is 0 Å². The van der Waals surface area contributed by atoms with E-state index in [1.165, 1.54) is 6.92 Å². The zero-order chi connectivity index (χ0) is 26.0. The van der Waals surface area contributed by atoms with Crippen LogP contribution in [0, 0.1) is 5.92 Å². The molecule has 1 fully saturated rings. The van der Waals surface area contributed by atoms with Gasteiger partial charge in [0.2, 0.25) is 5.91 Å². The first-order valence-electron chi connectivity index (χ1n) is 11.1. The van der Waals surface area contributed by atoms with E-state index in [9.17, 15) is 27.6 Å². The number of dihydropyridines is 1. The van der Waals surface area contributed by atoms with Gasteiger partial charge < -0.3 is 10.1 Å². The second-order valence-electron chi connectivity index (χ2n) is 8.29. The van der Waals surface area contributed by atoms with Gasteiger partial charge in [-0.3, -0.25) is 20.1 Å². The summed E-state index contributed by atoms with van der Waals surface area (Å²) in [5.41, 5.74) is 0.868. The number of nitrogens with one attached hydrogen (secondary N) is 2. The summed E-state index contributed by atoms with van der Waals surface area (Å²) >= 11 is 0.860. The summed E-state index contributed by atoms with van der Waals surface area (Å²) in [6.07, 6.45) is -2.24. The van der Waals surface area contributed by atoms with Gasteiger partial charge in [0.25, 0.3) is 0 Å². The fraction of sp³-hybridized carbons (Fsp3) is 0.455. The molecule has 3 aliphatic heterocycles. The third-order valence-corrected chi connectivity index (χ3v) is 6.73. The number of urea groups is 1. The van der Waals surface area contributed by atoms with E-state index in [-0.39, 0.29) is 30.4 Å². The third kappa shape index (κ3) is 5.48. The van der Waals surface area contributed by atoms with E-state index in [1.807, 2.05) is 0 Å². The van der Waals surface area contributed by atoms with Crippen LogP contribution in [-0.2, 0) is 15.7 Å². The minimum absolute atomic E-state index is 0.0690. The molecule has 2 atom stereocenters. The summed E-state index contributed by atoms with van der Waals surface area (Å²) in [6, 6.07) is -0.464. The van der Waals surface area contributed by atoms with Crippen molar-refractivity contribution in [2.45, 2.75) is 39.0 Å². The first kappa shape index (κ1) is 25.5. The molecule has 2 unspecified atom stereocenters. The molecule has 1 aromatic rings. The van der Waals surface area contributed by atoms with E-state index in [1.54, 1.807) is 19.3 Å². The number of ether oxygens (including phenoxy) is 1. The maximum atomic E-state index is 13.2. The molecule has 2 N–H and O–H groups in total. The van der Waals surface area contributed by atoms with E-state index in [0.29, 0.717) is 35.5 Å². The number of carbonyl (C=O) groups excluding carboxylic acids is 3. The molecule has 0 aliphatic carbocycles. The Hall–Kier alpha value is -3.55. The molecule has 0 radical (unpaired) electrons. The SMILES string of the molecule is CCNC(=O)NC1=NCC(C2=CN=CC(C3CN(C(C)=O)C(=O)O3)C2)=C(c2nc(C(F)(F)F)cs2)C1. The number of alkyl halides is 3. The van der Waals surface area contributed by atoms with Gasteiger partial charge in [0.15, 0.2) is 5.69 Å². The largest absolute Gasteiger partial charge is 0.443 e. The van der Waals surface area contributed by atoms with Crippen LogP contribution in [0.1, 0.15) is 37.4 Å². The van der Waals surface area contributed by atoms with Gasteiger partial charge in [0.05, 0.1) is 13.1 Å². The highest BCUT2D eigenvalue weighted by Crippen LogP contribution is 2.38. The molecule has 1 saturated heterocycles. The smallest absolute Gasteiger partial charge is 0.434 e. The number of carbonyl (C=O) groups is 3. The molecule has 4 heterocycles. The number of cyclic esters (lactones) is 1. The normalized spacial score (nSPS) is 22.2. The Kier molecular flexibility index (Phi) is 7.24. The van der Waals surface area contributed by atoms with E-state index in [2.05, 4.69) is 25.6 Å². The van der Waals surface area contributed by atoms with Crippen molar-refractivity contribution in [2.75, 3.05) is 19.6 Å². The van der Waals surface area contributed by atoms with Gasteiger partial charge in [-0.25, -0.2) is 19.5 Å². The number of amides is 4. The Morgan fingerprint density at radius 1 is 1.31 bits per heavy atom. The summed E-state index contributed by atoms with van der Waals surface area (Å²) in [5, 5.41) is 6.34. The van der Waals surface area contributed by atoms with Crippen molar-refractivity contribution in [3.05, 3.63) is 33.4 Å². The Bertz CT molecular complexity index is 1200. The first-order chi connectivity index (χ1) is 17.1. The number of hydrogen-bond donors (Lipinski definition) is 2. The number of aromatic nitrogens is 1. The molecule has 0 spiro atoms. The molecule has 1 aromatic heterocycles. The molecule has 14 heteroatoms. The van der Waals surface area contributed by atoms with Crippen LogP contribution >= 0.6 is 11.3 Å². The minimum atomic E-state index is -4.59. The number of aliphatic imine (C=N–C) groups is 2. The number of rotatable bonds is 4. The lowest BCUT2D eigenvalue weighted by Crippen LogP contribution is -2.40. The Morgan fingerprint density at radius 2 is 2.08 bits per heavy atom. The molecular weight excluding hydrogens is 501 g/mol. The third-order valence-electron chi connectivity index (χ3n) is 5.83. The Balaban J connectivity index is 1.61. The topological polar surface area (TPSA) is 125 Å². The van der Waals surface area contributed by atoms with Gasteiger partial charge in [-0.05, 0) is 24.5 Å². The molecule has 10 nitrogen and oxygen atoms in total. The maximum Gasteiger partial charge on any atom is 0.434 e. The van der Waals surface area contributed by atoms with Crippen molar-refractivity contribution in [1.82, 2.24) is 20.5 Å². The molecule has 36 heavy (non-hydrogen) atoms. The molecule has 0 aromatic carbocycles. The van der Waals surface area contributed by atoms with Gasteiger partial charge in [-0.1, -0.05) is 0 Å². The van der Waals surface area contributed by atoms with Gasteiger partial charge in [0, 0.05) is 49.2 Å². The Morgan fingerprint density at radius 3 is 2.72 bits per heavy atom. The quantitative estimate of drug-likeness (QED) is 0.625. The van der Waals surface area contributed by atoms with Gasteiger partial charge >= 0.3 is 18.3 Å². The average molecular weight is 525 g/mol. The molecule has 0 saturated carbocycles. The first-order valence-corrected chi connectivity index (χ1v) is 12.0. The van der Waals surface area contributed by atoms with Crippen LogP contribution in [0.3, 0.4) is 0 Å². The van der Waals surface area contributed by atoms with E-state index >= 15 is 0 Å². The number of thiazole rings is 1. The molecule has 192 valence electrons. The van der Waals surface area contributed by atoms with Crippen LogP contribution < -0.4 is 10.6 Å². The van der Waals surface area contributed by atoms with E-state index < -0.39 is 36.0 Å². The molecule has 3 aliphatic rings. The van der Waals surface area contributed by atoms with Gasteiger partial charge in [-0.2, -0.15) is 13.2 Å². The van der Waals surface area contributed by atoms with Crippen molar-refractivity contribution in [2.24, 2.45) is 15.9 Å². The van der Waals surface area contributed by atoms with Crippen LogP contribution in [0.5, 0.6) is 0 Å². The fourth-order valence-corrected chi connectivity index (χ4v) is 4.96. The monoisotopic (exact) mass is 524 g/mol. The number of amidine groups is 1. The van der Waals surface area contributed by atoms with Crippen LogP contribution in [0.4, 0.5) is 22.8 Å². The summed E-state index contributed by atoms with van der Waals surface area (Å²) in [7, 11) is 0. The van der Waals surface area contributed by atoms with Crippen LogP contribution in [0.25, 0.3) is 5.57 Å². The van der Waals surface area contributed by atoms with Gasteiger partial charge in [0.1, 0.15) is 16.9 Å². The van der Waals surface area contributed by atoms with Crippen LogP contribution in [-0.4, -0.2) is 65.7 Å². The number of imide groups is 1. The predicted molar refractivity (Wildman–Crippen MR) is 126 cm³/mol. The van der Waals surface area contributed by atoms with E-state index in [4.69, 9.17) is 4.74 Å². The van der Waals surface area contributed by atoms with Crippen LogP contribution in [0.2, 0.25) is 0 Å².